The van der Waals surface area contributed by atoms with E-state index < -0.39 is 18.6 Å². The van der Waals surface area contributed by atoms with Crippen molar-refractivity contribution < 1.29 is 18.0 Å². The van der Waals surface area contributed by atoms with Gasteiger partial charge in [0, 0.05) is 12.6 Å². The number of nitrogens with one attached hydrogen (secondary N) is 1. The quantitative estimate of drug-likeness (QED) is 0.904. The van der Waals surface area contributed by atoms with Gasteiger partial charge >= 0.3 is 6.18 Å². The Morgan fingerprint density at radius 1 is 1.48 bits per heavy atom. The molecule has 0 aromatic carbocycles. The van der Waals surface area contributed by atoms with Crippen molar-refractivity contribution in [2.24, 2.45) is 0 Å². The first kappa shape index (κ1) is 15.9. The van der Waals surface area contributed by atoms with E-state index in [1.807, 2.05) is 6.92 Å². The number of anilines is 1. The molecule has 116 valence electrons. The average Bonchev–Trinajstić information content (AvgIpc) is 3.21. The van der Waals surface area contributed by atoms with Crippen LogP contribution in [0.15, 0.2) is 12.1 Å². The van der Waals surface area contributed by atoms with Crippen LogP contribution >= 0.6 is 11.6 Å². The van der Waals surface area contributed by atoms with Crippen LogP contribution in [0.5, 0.6) is 0 Å². The minimum atomic E-state index is -4.44. The fraction of sp³-hybridized carbons (Fsp3) is 0.538. The first-order valence-corrected chi connectivity index (χ1v) is 6.97. The number of halogens is 4. The molecule has 1 heterocycles. The minimum absolute atomic E-state index is 0.0504. The maximum Gasteiger partial charge on any atom is 0.406 e. The molecular formula is C13H15ClF3N3O. The van der Waals surface area contributed by atoms with E-state index in [1.54, 1.807) is 6.07 Å². The third-order valence-electron chi connectivity index (χ3n) is 3.00. The molecule has 1 aromatic heterocycles. The summed E-state index contributed by atoms with van der Waals surface area (Å²) in [6.07, 6.45) is -3.29. The van der Waals surface area contributed by atoms with Gasteiger partial charge in [0.2, 0.25) is 0 Å². The molecule has 1 fully saturated rings. The molecule has 21 heavy (non-hydrogen) atoms. The van der Waals surface area contributed by atoms with Crippen molar-refractivity contribution >= 4 is 23.3 Å². The predicted molar refractivity (Wildman–Crippen MR) is 73.5 cm³/mol. The first-order chi connectivity index (χ1) is 9.81. The topological polar surface area (TPSA) is 45.2 Å². The normalized spacial score (nSPS) is 14.9. The molecule has 1 aliphatic carbocycles. The number of carbonyl (C=O) groups excluding carboxylic acids is 1. The molecule has 0 unspecified atom stereocenters. The molecule has 1 aromatic rings. The number of nitrogens with zero attached hydrogens (tertiary/aromatic N) is 2. The second-order valence-electron chi connectivity index (χ2n) is 4.84. The van der Waals surface area contributed by atoms with Crippen molar-refractivity contribution in [3.8, 4) is 0 Å². The SMILES string of the molecule is CCNc1ccc(Cl)c(C(=O)N(CC(F)(F)F)C2CC2)n1. The fourth-order valence-electron chi connectivity index (χ4n) is 1.95. The van der Waals surface area contributed by atoms with Crippen LogP contribution in [0.3, 0.4) is 0 Å². The molecule has 0 bridgehead atoms. The standard InChI is InChI=1S/C13H15ClF3N3O/c1-2-18-10-6-5-9(14)11(19-10)12(21)20(8-3-4-8)7-13(15,16)17/h5-6,8H,2-4,7H2,1H3,(H,18,19). The maximum absolute atomic E-state index is 12.6. The van der Waals surface area contributed by atoms with Crippen LogP contribution in [0.4, 0.5) is 19.0 Å². The number of aromatic nitrogens is 1. The second kappa shape index (κ2) is 6.09. The molecule has 0 atom stereocenters. The summed E-state index contributed by atoms with van der Waals surface area (Å²) in [6, 6.07) is 2.66. The Labute approximate surface area is 125 Å². The fourth-order valence-corrected chi connectivity index (χ4v) is 2.14. The molecule has 1 amide bonds. The van der Waals surface area contributed by atoms with Gasteiger partial charge in [-0.3, -0.25) is 4.79 Å². The number of alkyl halides is 3. The van der Waals surface area contributed by atoms with Gasteiger partial charge in [0.1, 0.15) is 18.1 Å². The predicted octanol–water partition coefficient (Wildman–Crippen LogP) is 3.33. The maximum atomic E-state index is 12.6. The zero-order chi connectivity index (χ0) is 15.6. The number of rotatable bonds is 5. The van der Waals surface area contributed by atoms with Gasteiger partial charge in [-0.2, -0.15) is 13.2 Å². The van der Waals surface area contributed by atoms with Crippen molar-refractivity contribution in [3.63, 3.8) is 0 Å². The summed E-state index contributed by atoms with van der Waals surface area (Å²) in [4.78, 5) is 17.2. The van der Waals surface area contributed by atoms with E-state index in [-0.39, 0.29) is 16.8 Å². The summed E-state index contributed by atoms with van der Waals surface area (Å²) < 4.78 is 37.8. The van der Waals surface area contributed by atoms with Crippen LogP contribution in [-0.4, -0.2) is 41.1 Å². The number of hydrogen-bond acceptors (Lipinski definition) is 3. The average molecular weight is 322 g/mol. The summed E-state index contributed by atoms with van der Waals surface area (Å²) in [5, 5.41) is 2.95. The van der Waals surface area contributed by atoms with Crippen LogP contribution in [0.2, 0.25) is 5.02 Å². The second-order valence-corrected chi connectivity index (χ2v) is 5.24. The zero-order valence-electron chi connectivity index (χ0n) is 11.4. The molecule has 0 saturated heterocycles. The summed E-state index contributed by atoms with van der Waals surface area (Å²) in [7, 11) is 0. The summed E-state index contributed by atoms with van der Waals surface area (Å²) in [6.45, 7) is 1.15. The van der Waals surface area contributed by atoms with E-state index in [0.717, 1.165) is 4.90 Å². The lowest BCUT2D eigenvalue weighted by molar-refractivity contribution is -0.141. The minimum Gasteiger partial charge on any atom is -0.370 e. The van der Waals surface area contributed by atoms with E-state index in [4.69, 9.17) is 11.6 Å². The van der Waals surface area contributed by atoms with Gasteiger partial charge in [0.15, 0.2) is 0 Å². The number of amides is 1. The van der Waals surface area contributed by atoms with E-state index in [9.17, 15) is 18.0 Å². The van der Waals surface area contributed by atoms with Crippen LogP contribution in [0.1, 0.15) is 30.3 Å². The lowest BCUT2D eigenvalue weighted by Gasteiger charge is -2.23. The highest BCUT2D eigenvalue weighted by Crippen LogP contribution is 2.32. The molecule has 0 aliphatic heterocycles. The van der Waals surface area contributed by atoms with Crippen LogP contribution in [0.25, 0.3) is 0 Å². The molecule has 2 rings (SSSR count). The Morgan fingerprint density at radius 3 is 2.67 bits per heavy atom. The Kier molecular flexibility index (Phi) is 4.61. The van der Waals surface area contributed by atoms with Crippen LogP contribution in [-0.2, 0) is 0 Å². The largest absolute Gasteiger partial charge is 0.406 e. The van der Waals surface area contributed by atoms with Crippen LogP contribution in [0, 0.1) is 0 Å². The third-order valence-corrected chi connectivity index (χ3v) is 3.31. The summed E-state index contributed by atoms with van der Waals surface area (Å²) in [5.74, 6) is -0.368. The van der Waals surface area contributed by atoms with Gasteiger partial charge in [-0.1, -0.05) is 11.6 Å². The lowest BCUT2D eigenvalue weighted by atomic mass is 10.3. The van der Waals surface area contributed by atoms with Gasteiger partial charge < -0.3 is 10.2 Å². The Morgan fingerprint density at radius 2 is 2.14 bits per heavy atom. The lowest BCUT2D eigenvalue weighted by Crippen LogP contribution is -2.41. The van der Waals surface area contributed by atoms with E-state index in [1.165, 1.54) is 6.07 Å². The molecular weight excluding hydrogens is 307 g/mol. The van der Waals surface area contributed by atoms with Gasteiger partial charge in [0.05, 0.1) is 5.02 Å². The van der Waals surface area contributed by atoms with Crippen LogP contribution < -0.4 is 5.32 Å². The van der Waals surface area contributed by atoms with Crippen molar-refractivity contribution in [2.45, 2.75) is 32.0 Å². The van der Waals surface area contributed by atoms with Crippen molar-refractivity contribution in [1.29, 1.82) is 0 Å². The molecule has 1 saturated carbocycles. The Hall–Kier alpha value is -1.50. The highest BCUT2D eigenvalue weighted by molar-refractivity contribution is 6.33. The number of carbonyl (C=O) groups is 1. The van der Waals surface area contributed by atoms with E-state index in [0.29, 0.717) is 25.2 Å². The number of hydrogen-bond donors (Lipinski definition) is 1. The van der Waals surface area contributed by atoms with Gasteiger partial charge in [-0.15, -0.1) is 0 Å². The van der Waals surface area contributed by atoms with E-state index in [2.05, 4.69) is 10.3 Å². The monoisotopic (exact) mass is 321 g/mol. The first-order valence-electron chi connectivity index (χ1n) is 6.60. The summed E-state index contributed by atoms with van der Waals surface area (Å²) in [5.41, 5.74) is -0.147. The van der Waals surface area contributed by atoms with Crippen molar-refractivity contribution in [2.75, 3.05) is 18.4 Å². The van der Waals surface area contributed by atoms with Gasteiger partial charge in [-0.05, 0) is 31.9 Å². The Bertz CT molecular complexity index is 532. The van der Waals surface area contributed by atoms with Crippen molar-refractivity contribution in [1.82, 2.24) is 9.88 Å². The molecule has 1 aliphatic rings. The molecule has 1 N–H and O–H groups in total. The molecule has 0 radical (unpaired) electrons. The van der Waals surface area contributed by atoms with Crippen molar-refractivity contribution in [3.05, 3.63) is 22.8 Å². The van der Waals surface area contributed by atoms with Gasteiger partial charge in [0.25, 0.3) is 5.91 Å². The molecule has 0 spiro atoms. The smallest absolute Gasteiger partial charge is 0.370 e. The highest BCUT2D eigenvalue weighted by Gasteiger charge is 2.41. The highest BCUT2D eigenvalue weighted by atomic mass is 35.5. The molecule has 8 heteroatoms. The zero-order valence-corrected chi connectivity index (χ0v) is 12.1. The van der Waals surface area contributed by atoms with E-state index >= 15 is 0 Å². The number of pyridine rings is 1. The summed E-state index contributed by atoms with van der Waals surface area (Å²) >= 11 is 5.91. The molecule has 4 nitrogen and oxygen atoms in total. The van der Waals surface area contributed by atoms with Gasteiger partial charge in [-0.25, -0.2) is 4.98 Å². The third kappa shape index (κ3) is 4.23. The Balaban J connectivity index is 2.25.